The van der Waals surface area contributed by atoms with Gasteiger partial charge < -0.3 is 18.9 Å². The molecule has 4 aromatic rings. The first-order valence-electron chi connectivity index (χ1n) is 15.6. The summed E-state index contributed by atoms with van der Waals surface area (Å²) >= 11 is 0. The fraction of sp³-hybridized carbons (Fsp3) is 0.515. The van der Waals surface area contributed by atoms with Crippen molar-refractivity contribution in [3.05, 3.63) is 41.3 Å². The van der Waals surface area contributed by atoms with Gasteiger partial charge in [-0.2, -0.15) is 15.3 Å². The lowest BCUT2D eigenvalue weighted by Crippen LogP contribution is -2.24. The fourth-order valence-corrected chi connectivity index (χ4v) is 5.78. The molecule has 11 heteroatoms. The van der Waals surface area contributed by atoms with Crippen LogP contribution in [0.15, 0.2) is 24.4 Å². The summed E-state index contributed by atoms with van der Waals surface area (Å²) in [6, 6.07) is 6.37. The molecule has 0 N–H and O–H groups in total. The molecule has 1 aromatic carbocycles. The number of esters is 1. The largest absolute Gasteiger partial charge is 0.477 e. The van der Waals surface area contributed by atoms with E-state index in [1.165, 1.54) is 0 Å². The Morgan fingerprint density at radius 1 is 1.05 bits per heavy atom. The van der Waals surface area contributed by atoms with E-state index in [4.69, 9.17) is 29.1 Å². The third kappa shape index (κ3) is 6.24. The zero-order chi connectivity index (χ0) is 30.8. The number of aryl methyl sites for hydroxylation is 3. The van der Waals surface area contributed by atoms with E-state index in [0.29, 0.717) is 44.4 Å². The molecule has 1 saturated heterocycles. The van der Waals surface area contributed by atoms with Gasteiger partial charge in [-0.05, 0) is 76.3 Å². The summed E-state index contributed by atoms with van der Waals surface area (Å²) in [6.45, 7) is 9.62. The second-order valence-electron chi connectivity index (χ2n) is 12.3. The lowest BCUT2D eigenvalue weighted by Gasteiger charge is -2.23. The van der Waals surface area contributed by atoms with Crippen LogP contribution in [0, 0.1) is 0 Å². The molecule has 2 aliphatic rings. The Hall–Kier alpha value is -4.12. The van der Waals surface area contributed by atoms with Gasteiger partial charge in [-0.25, -0.2) is 14.0 Å². The molecular weight excluding hydrogens is 560 g/mol. The van der Waals surface area contributed by atoms with Crippen LogP contribution in [0.5, 0.6) is 11.8 Å². The summed E-state index contributed by atoms with van der Waals surface area (Å²) in [5.74, 6) is 1.05. The minimum absolute atomic E-state index is 0.108. The van der Waals surface area contributed by atoms with Gasteiger partial charge in [0.05, 0.1) is 60.4 Å². The van der Waals surface area contributed by atoms with Crippen molar-refractivity contribution in [2.24, 2.45) is 7.05 Å². The molecule has 6 rings (SSSR count). The molecule has 3 aromatic heterocycles. The second kappa shape index (κ2) is 12.5. The van der Waals surface area contributed by atoms with Gasteiger partial charge in [0.15, 0.2) is 6.23 Å². The average Bonchev–Trinajstić information content (AvgIpc) is 3.66. The number of carbonyl (C=O) groups is 1. The topological polar surface area (TPSA) is 107 Å². The van der Waals surface area contributed by atoms with Crippen LogP contribution >= 0.6 is 0 Å². The lowest BCUT2D eigenvalue weighted by atomic mass is 10.0. The van der Waals surface area contributed by atoms with Crippen molar-refractivity contribution in [1.82, 2.24) is 29.3 Å². The minimum Gasteiger partial charge on any atom is -0.477 e. The van der Waals surface area contributed by atoms with E-state index < -0.39 is 5.60 Å². The van der Waals surface area contributed by atoms with Gasteiger partial charge in [0.1, 0.15) is 5.60 Å². The van der Waals surface area contributed by atoms with Gasteiger partial charge in [-0.1, -0.05) is 13.0 Å². The molecule has 0 aliphatic carbocycles. The fourth-order valence-electron chi connectivity index (χ4n) is 5.78. The number of benzene rings is 1. The predicted molar refractivity (Wildman–Crippen MR) is 167 cm³/mol. The SMILES string of the molecule is CCc1nn(CCC(=O)OC(C)(C)C)c2c1/C=C\c1nn(C3CCCCO3)c3ccc(cc13)-c1cnn(C)c1OCCCO2. The zero-order valence-corrected chi connectivity index (χ0v) is 26.3. The normalized spacial score (nSPS) is 18.1. The summed E-state index contributed by atoms with van der Waals surface area (Å²) in [6.07, 6.45) is 10.4. The Bertz CT molecular complexity index is 1670. The number of aromatic nitrogens is 6. The van der Waals surface area contributed by atoms with Crippen LogP contribution in [0.1, 0.15) is 83.0 Å². The highest BCUT2D eigenvalue weighted by molar-refractivity contribution is 5.93. The summed E-state index contributed by atoms with van der Waals surface area (Å²) in [7, 11) is 1.89. The molecule has 44 heavy (non-hydrogen) atoms. The molecule has 5 heterocycles. The first-order chi connectivity index (χ1) is 21.2. The molecule has 234 valence electrons. The van der Waals surface area contributed by atoms with Crippen molar-refractivity contribution in [2.45, 2.75) is 84.6 Å². The second-order valence-corrected chi connectivity index (χ2v) is 12.3. The maximum atomic E-state index is 12.6. The van der Waals surface area contributed by atoms with Crippen molar-refractivity contribution in [3.63, 3.8) is 0 Å². The zero-order valence-electron chi connectivity index (χ0n) is 26.3. The number of fused-ring (bicyclic) bond motifs is 4. The van der Waals surface area contributed by atoms with Gasteiger partial charge in [-0.3, -0.25) is 4.79 Å². The summed E-state index contributed by atoms with van der Waals surface area (Å²) in [5.41, 5.74) is 5.00. The monoisotopic (exact) mass is 602 g/mol. The number of rotatable bonds is 5. The third-order valence-electron chi connectivity index (χ3n) is 7.83. The van der Waals surface area contributed by atoms with Crippen LogP contribution in [0.2, 0.25) is 0 Å². The molecule has 0 spiro atoms. The smallest absolute Gasteiger partial charge is 0.308 e. The molecule has 2 bridgehead atoms. The highest BCUT2D eigenvalue weighted by Crippen LogP contribution is 2.36. The van der Waals surface area contributed by atoms with E-state index in [2.05, 4.69) is 30.2 Å². The first-order valence-corrected chi connectivity index (χ1v) is 15.6. The van der Waals surface area contributed by atoms with Gasteiger partial charge >= 0.3 is 5.97 Å². The van der Waals surface area contributed by atoms with Crippen molar-refractivity contribution < 1.29 is 23.7 Å². The molecule has 1 unspecified atom stereocenters. The maximum absolute atomic E-state index is 12.6. The summed E-state index contributed by atoms with van der Waals surface area (Å²) in [5, 5.41) is 15.4. The highest BCUT2D eigenvalue weighted by Gasteiger charge is 2.24. The number of nitrogens with zero attached hydrogens (tertiary/aromatic N) is 6. The van der Waals surface area contributed by atoms with E-state index in [-0.39, 0.29) is 18.6 Å². The number of hydrogen-bond acceptors (Lipinski definition) is 8. The molecule has 2 aliphatic heterocycles. The average molecular weight is 603 g/mol. The van der Waals surface area contributed by atoms with E-state index in [0.717, 1.165) is 64.9 Å². The molecule has 0 saturated carbocycles. The van der Waals surface area contributed by atoms with E-state index in [1.807, 2.05) is 50.8 Å². The molecular formula is C33H42N6O5. The third-order valence-corrected chi connectivity index (χ3v) is 7.83. The van der Waals surface area contributed by atoms with Crippen LogP contribution in [-0.2, 0) is 34.3 Å². The Balaban J connectivity index is 1.43. The molecule has 1 atom stereocenters. The van der Waals surface area contributed by atoms with Crippen molar-refractivity contribution in [3.8, 4) is 22.9 Å². The van der Waals surface area contributed by atoms with Crippen molar-refractivity contribution >= 4 is 29.0 Å². The van der Waals surface area contributed by atoms with Crippen molar-refractivity contribution in [2.75, 3.05) is 19.8 Å². The van der Waals surface area contributed by atoms with E-state index in [9.17, 15) is 4.79 Å². The minimum atomic E-state index is -0.546. The van der Waals surface area contributed by atoms with Gasteiger partial charge in [0.25, 0.3) is 0 Å². The van der Waals surface area contributed by atoms with Gasteiger partial charge in [0.2, 0.25) is 11.8 Å². The maximum Gasteiger partial charge on any atom is 0.308 e. The quantitative estimate of drug-likeness (QED) is 0.258. The lowest BCUT2D eigenvalue weighted by molar-refractivity contribution is -0.155. The summed E-state index contributed by atoms with van der Waals surface area (Å²) < 4.78 is 29.9. The van der Waals surface area contributed by atoms with Crippen LogP contribution in [-0.4, -0.2) is 60.7 Å². The van der Waals surface area contributed by atoms with Crippen LogP contribution in [0.25, 0.3) is 34.2 Å². The van der Waals surface area contributed by atoms with Gasteiger partial charge in [0, 0.05) is 25.5 Å². The molecule has 11 nitrogen and oxygen atoms in total. The van der Waals surface area contributed by atoms with Crippen LogP contribution < -0.4 is 9.47 Å². The number of ether oxygens (including phenoxy) is 4. The van der Waals surface area contributed by atoms with Gasteiger partial charge in [-0.15, -0.1) is 0 Å². The molecule has 0 amide bonds. The Kier molecular flexibility index (Phi) is 8.48. The number of carbonyl (C=O) groups excluding carboxylic acids is 1. The Morgan fingerprint density at radius 3 is 2.61 bits per heavy atom. The van der Waals surface area contributed by atoms with Crippen LogP contribution in [0.4, 0.5) is 0 Å². The highest BCUT2D eigenvalue weighted by atomic mass is 16.6. The van der Waals surface area contributed by atoms with Crippen molar-refractivity contribution in [1.29, 1.82) is 0 Å². The van der Waals surface area contributed by atoms with E-state index in [1.54, 1.807) is 9.36 Å². The summed E-state index contributed by atoms with van der Waals surface area (Å²) in [4.78, 5) is 12.6. The van der Waals surface area contributed by atoms with E-state index >= 15 is 0 Å². The molecule has 0 radical (unpaired) electrons. The molecule has 1 fully saturated rings. The standard InChI is InChI=1S/C33H42N6O5/c1-6-26-23-12-13-27-24-20-22(11-14-28(24)39(36-27)29-10-7-8-17-41-29)25-21-34-37(5)31(25)42-18-9-19-43-32(23)38(35-26)16-15-30(40)44-33(2,3)4/h11-14,20-21,29H,6-10,15-19H2,1-5H3/b13-12-. The predicted octanol–water partition coefficient (Wildman–Crippen LogP) is 5.96. The Labute approximate surface area is 257 Å². The Morgan fingerprint density at radius 2 is 1.86 bits per heavy atom. The first kappa shape index (κ1) is 29.9. The van der Waals surface area contributed by atoms with Crippen LogP contribution in [0.3, 0.4) is 0 Å². The number of hydrogen-bond donors (Lipinski definition) is 0.